The third kappa shape index (κ3) is 3.54. The maximum Gasteiger partial charge on any atom is 0.415 e. The average molecular weight is 444 g/mol. The van der Waals surface area contributed by atoms with Gasteiger partial charge in [-0.15, -0.1) is 0 Å². The number of carbonyl (C=O) groups excluding carboxylic acids is 3. The molecule has 3 aliphatic rings. The molecule has 0 saturated carbocycles. The second kappa shape index (κ2) is 7.73. The molecular weight excluding hydrogens is 426 g/mol. The molecule has 2 fully saturated rings. The summed E-state index contributed by atoms with van der Waals surface area (Å²) >= 11 is 5.81. The van der Waals surface area contributed by atoms with E-state index in [0.29, 0.717) is 47.4 Å². The van der Waals surface area contributed by atoms with E-state index in [1.807, 2.05) is 0 Å². The molecule has 160 valence electrons. The van der Waals surface area contributed by atoms with Gasteiger partial charge in [-0.05, 0) is 30.7 Å². The minimum Gasteiger partial charge on any atom is -0.489 e. The van der Waals surface area contributed by atoms with Gasteiger partial charge in [0.2, 0.25) is 0 Å². The number of amides is 2. The number of benzene rings is 1. The van der Waals surface area contributed by atoms with Crippen molar-refractivity contribution in [3.05, 3.63) is 47.2 Å². The van der Waals surface area contributed by atoms with Gasteiger partial charge in [-0.25, -0.2) is 9.59 Å². The second-order valence-corrected chi connectivity index (χ2v) is 7.85. The van der Waals surface area contributed by atoms with Gasteiger partial charge in [-0.2, -0.15) is 0 Å². The van der Waals surface area contributed by atoms with Crippen molar-refractivity contribution in [1.82, 2.24) is 4.98 Å². The summed E-state index contributed by atoms with van der Waals surface area (Å²) in [5.74, 6) is 0.345. The molecule has 10 heteroatoms. The number of hydrogen-bond donors (Lipinski definition) is 0. The number of aromatic nitrogens is 1. The number of carbonyl (C=O) groups is 3. The number of nitrogens with zero attached hydrogens (tertiary/aromatic N) is 3. The quantitative estimate of drug-likeness (QED) is 0.653. The summed E-state index contributed by atoms with van der Waals surface area (Å²) in [6.07, 6.45) is 0.588. The van der Waals surface area contributed by atoms with E-state index >= 15 is 0 Å². The van der Waals surface area contributed by atoms with E-state index in [1.165, 1.54) is 11.1 Å². The third-order valence-electron chi connectivity index (χ3n) is 5.56. The Balaban J connectivity index is 1.29. The van der Waals surface area contributed by atoms with Gasteiger partial charge in [0.25, 0.3) is 0 Å². The summed E-state index contributed by atoms with van der Waals surface area (Å²) in [6, 6.07) is 8.04. The van der Waals surface area contributed by atoms with Gasteiger partial charge in [0, 0.05) is 18.7 Å². The second-order valence-electron chi connectivity index (χ2n) is 7.41. The van der Waals surface area contributed by atoms with Crippen LogP contribution in [0, 0.1) is 0 Å². The summed E-state index contributed by atoms with van der Waals surface area (Å²) in [5, 5.41) is 0.458. The van der Waals surface area contributed by atoms with Crippen molar-refractivity contribution in [3.8, 4) is 5.75 Å². The fraction of sp³-hybridized carbons (Fsp3) is 0.333. The molecule has 0 unspecified atom stereocenters. The SMILES string of the molecule is O=C(CC[C@@H]1OC(=O)N2c3ccc(N4CCOC4=O)cc3OC[C@@H]12)c1ccc(Cl)cn1. The highest BCUT2D eigenvalue weighted by Crippen LogP contribution is 2.42. The van der Waals surface area contributed by atoms with Crippen LogP contribution in [0.15, 0.2) is 36.5 Å². The lowest BCUT2D eigenvalue weighted by molar-refractivity contribution is 0.0897. The predicted octanol–water partition coefficient (Wildman–Crippen LogP) is 3.44. The van der Waals surface area contributed by atoms with Crippen molar-refractivity contribution in [2.75, 3.05) is 29.6 Å². The first-order valence-corrected chi connectivity index (χ1v) is 10.2. The average Bonchev–Trinajstić information content (AvgIpc) is 3.35. The van der Waals surface area contributed by atoms with Gasteiger partial charge in [0.1, 0.15) is 36.8 Å². The van der Waals surface area contributed by atoms with Crippen molar-refractivity contribution in [2.24, 2.45) is 0 Å². The van der Waals surface area contributed by atoms with Crippen LogP contribution in [0.3, 0.4) is 0 Å². The maximum atomic E-state index is 12.6. The Morgan fingerprint density at radius 3 is 2.77 bits per heavy atom. The van der Waals surface area contributed by atoms with Crippen molar-refractivity contribution in [2.45, 2.75) is 25.0 Å². The minimum absolute atomic E-state index is 0.148. The molecule has 1 aromatic carbocycles. The number of cyclic esters (lactones) is 2. The van der Waals surface area contributed by atoms with Crippen molar-refractivity contribution >= 4 is 40.9 Å². The molecule has 0 radical (unpaired) electrons. The number of ether oxygens (including phenoxy) is 3. The normalized spacial score (nSPS) is 21.8. The zero-order valence-electron chi connectivity index (χ0n) is 16.3. The monoisotopic (exact) mass is 443 g/mol. The molecule has 1 aromatic heterocycles. The molecule has 31 heavy (non-hydrogen) atoms. The standard InChI is InChI=1S/C21H18ClN3O6/c22-12-1-3-14(23-10-12)17(26)5-6-18-16-11-30-19-9-13(24-7-8-29-20(24)27)2-4-15(19)25(16)21(28)31-18/h1-4,9-10,16,18H,5-8,11H2/t16-,18-/m0/s1. The van der Waals surface area contributed by atoms with E-state index in [9.17, 15) is 14.4 Å². The molecule has 4 heterocycles. The molecule has 0 spiro atoms. The van der Waals surface area contributed by atoms with Gasteiger partial charge in [0.05, 0.1) is 22.9 Å². The van der Waals surface area contributed by atoms with Gasteiger partial charge >= 0.3 is 12.2 Å². The molecule has 0 bridgehead atoms. The van der Waals surface area contributed by atoms with Crippen LogP contribution >= 0.6 is 11.6 Å². The molecule has 5 rings (SSSR count). The number of anilines is 2. The number of rotatable bonds is 5. The fourth-order valence-electron chi connectivity index (χ4n) is 4.01. The lowest BCUT2D eigenvalue weighted by Gasteiger charge is -2.31. The summed E-state index contributed by atoms with van der Waals surface area (Å²) in [5.41, 5.74) is 1.54. The third-order valence-corrected chi connectivity index (χ3v) is 5.79. The van der Waals surface area contributed by atoms with E-state index < -0.39 is 18.3 Å². The Kier molecular flexibility index (Phi) is 4.90. The molecule has 3 aliphatic heterocycles. The molecule has 0 aliphatic carbocycles. The van der Waals surface area contributed by atoms with Crippen LogP contribution in [-0.4, -0.2) is 54.9 Å². The van der Waals surface area contributed by atoms with Crippen LogP contribution in [0.5, 0.6) is 5.75 Å². The first-order valence-electron chi connectivity index (χ1n) is 9.87. The van der Waals surface area contributed by atoms with Gasteiger partial charge < -0.3 is 14.2 Å². The van der Waals surface area contributed by atoms with Crippen LogP contribution in [-0.2, 0) is 9.47 Å². The summed E-state index contributed by atoms with van der Waals surface area (Å²) in [4.78, 5) is 43.9. The number of pyridine rings is 1. The lowest BCUT2D eigenvalue weighted by Crippen LogP contribution is -2.44. The predicted molar refractivity (Wildman–Crippen MR) is 110 cm³/mol. The minimum atomic E-state index is -0.482. The van der Waals surface area contributed by atoms with Crippen molar-refractivity contribution in [3.63, 3.8) is 0 Å². The Morgan fingerprint density at radius 1 is 1.16 bits per heavy atom. The number of halogens is 1. The van der Waals surface area contributed by atoms with Gasteiger partial charge in [-0.3, -0.25) is 19.6 Å². The Labute approximate surface area is 182 Å². The van der Waals surface area contributed by atoms with Crippen LogP contribution in [0.25, 0.3) is 0 Å². The fourth-order valence-corrected chi connectivity index (χ4v) is 4.12. The van der Waals surface area contributed by atoms with E-state index in [4.69, 9.17) is 25.8 Å². The molecule has 9 nitrogen and oxygen atoms in total. The van der Waals surface area contributed by atoms with Crippen LogP contribution in [0.4, 0.5) is 21.0 Å². The molecule has 2 aromatic rings. The number of Topliss-reactive ketones (excluding diaryl/α,β-unsaturated/α-hetero) is 1. The molecular formula is C21H18ClN3O6. The van der Waals surface area contributed by atoms with Gasteiger partial charge in [0.15, 0.2) is 5.78 Å². The Morgan fingerprint density at radius 2 is 2.03 bits per heavy atom. The Hall–Kier alpha value is -3.33. The summed E-state index contributed by atoms with van der Waals surface area (Å²) in [7, 11) is 0. The zero-order valence-corrected chi connectivity index (χ0v) is 17.1. The number of fused-ring (bicyclic) bond motifs is 3. The highest BCUT2D eigenvalue weighted by molar-refractivity contribution is 6.30. The molecule has 0 N–H and O–H groups in total. The summed E-state index contributed by atoms with van der Waals surface area (Å²) in [6.45, 7) is 1.03. The van der Waals surface area contributed by atoms with E-state index in [0.717, 1.165) is 0 Å². The maximum absolute atomic E-state index is 12.6. The largest absolute Gasteiger partial charge is 0.489 e. The first-order chi connectivity index (χ1) is 15.0. The Bertz CT molecular complexity index is 1060. The summed E-state index contributed by atoms with van der Waals surface area (Å²) < 4.78 is 16.4. The first kappa shape index (κ1) is 19.6. The van der Waals surface area contributed by atoms with E-state index in [-0.39, 0.29) is 24.9 Å². The van der Waals surface area contributed by atoms with Gasteiger partial charge in [-0.1, -0.05) is 11.6 Å². The smallest absolute Gasteiger partial charge is 0.415 e. The van der Waals surface area contributed by atoms with Crippen molar-refractivity contribution in [1.29, 1.82) is 0 Å². The number of ketones is 1. The van der Waals surface area contributed by atoms with Crippen molar-refractivity contribution < 1.29 is 28.6 Å². The molecule has 2 amide bonds. The van der Waals surface area contributed by atoms with Crippen LogP contribution in [0.2, 0.25) is 5.02 Å². The van der Waals surface area contributed by atoms with E-state index in [2.05, 4.69) is 4.98 Å². The number of hydrogen-bond acceptors (Lipinski definition) is 7. The van der Waals surface area contributed by atoms with Crippen LogP contribution < -0.4 is 14.5 Å². The molecule has 2 saturated heterocycles. The van der Waals surface area contributed by atoms with E-state index in [1.54, 1.807) is 35.2 Å². The molecule has 2 atom stereocenters. The highest BCUT2D eigenvalue weighted by Gasteiger charge is 2.46. The zero-order chi connectivity index (χ0) is 21.5. The van der Waals surface area contributed by atoms with Crippen LogP contribution in [0.1, 0.15) is 23.3 Å². The highest BCUT2D eigenvalue weighted by atomic mass is 35.5. The topological polar surface area (TPSA) is 98.3 Å². The lowest BCUT2D eigenvalue weighted by atomic mass is 10.0.